The number of hydrogen-bond acceptors (Lipinski definition) is 1. The molecule has 4 fully saturated rings. The second-order valence-electron chi connectivity index (χ2n) is 9.55. The minimum absolute atomic E-state index is 0.0414. The Bertz CT molecular complexity index is 647. The Labute approximate surface area is 152 Å². The van der Waals surface area contributed by atoms with Crippen molar-refractivity contribution in [2.24, 2.45) is 10.8 Å². The summed E-state index contributed by atoms with van der Waals surface area (Å²) in [6.45, 7) is 13.2. The molecule has 5 rings (SSSR count). The molecule has 2 unspecified atom stereocenters. The Morgan fingerprint density at radius 3 is 2.20 bits per heavy atom. The third-order valence-electron chi connectivity index (χ3n) is 7.16. The molecular formula is C22H34N2O+2. The number of carbonyl (C=O) groups excluding carboxylic acids is 1. The molecular weight excluding hydrogens is 308 g/mol. The van der Waals surface area contributed by atoms with E-state index in [4.69, 9.17) is 0 Å². The Morgan fingerprint density at radius 1 is 1.08 bits per heavy atom. The van der Waals surface area contributed by atoms with E-state index in [2.05, 4.69) is 52.0 Å². The van der Waals surface area contributed by atoms with Gasteiger partial charge in [-0.05, 0) is 37.0 Å². The molecule has 4 aliphatic heterocycles. The molecule has 4 bridgehead atoms. The van der Waals surface area contributed by atoms with Gasteiger partial charge in [-0.25, -0.2) is 0 Å². The molecule has 1 aromatic rings. The minimum atomic E-state index is -0.0940. The van der Waals surface area contributed by atoms with Crippen LogP contribution in [0.3, 0.4) is 0 Å². The first-order valence-electron chi connectivity index (χ1n) is 10.2. The van der Waals surface area contributed by atoms with Crippen molar-refractivity contribution in [1.82, 2.24) is 0 Å². The van der Waals surface area contributed by atoms with Gasteiger partial charge in [-0.3, -0.25) is 14.6 Å². The van der Waals surface area contributed by atoms with Crippen molar-refractivity contribution in [2.75, 3.05) is 26.2 Å². The Balaban J connectivity index is 1.64. The highest BCUT2D eigenvalue weighted by molar-refractivity contribution is 5.91. The Morgan fingerprint density at radius 2 is 1.68 bits per heavy atom. The second kappa shape index (κ2) is 5.92. The van der Waals surface area contributed by atoms with Gasteiger partial charge in [0, 0.05) is 0 Å². The van der Waals surface area contributed by atoms with Crippen molar-refractivity contribution in [3.8, 4) is 0 Å². The topological polar surface area (TPSA) is 26.0 Å². The summed E-state index contributed by atoms with van der Waals surface area (Å²) in [5, 5.41) is 0. The number of unbranched alkanes of at least 4 members (excludes halogenated alkanes) is 1. The highest BCUT2D eigenvalue weighted by atomic mass is 16.1. The van der Waals surface area contributed by atoms with Crippen molar-refractivity contribution < 1.29 is 14.6 Å². The van der Waals surface area contributed by atoms with Crippen LogP contribution in [0, 0.1) is 10.8 Å². The van der Waals surface area contributed by atoms with Crippen LogP contribution in [0.5, 0.6) is 0 Å². The second-order valence-corrected chi connectivity index (χ2v) is 9.55. The summed E-state index contributed by atoms with van der Waals surface area (Å²) in [7, 11) is 0. The lowest BCUT2D eigenvalue weighted by molar-refractivity contribution is -1.18. The average Bonchev–Trinajstić information content (AvgIpc) is 2.57. The zero-order valence-corrected chi connectivity index (χ0v) is 16.3. The monoisotopic (exact) mass is 342 g/mol. The summed E-state index contributed by atoms with van der Waals surface area (Å²) >= 11 is 0. The van der Waals surface area contributed by atoms with Gasteiger partial charge in [0.25, 0.3) is 0 Å². The first-order chi connectivity index (χ1) is 11.9. The van der Waals surface area contributed by atoms with Crippen molar-refractivity contribution in [3.05, 3.63) is 35.4 Å². The standard InChI is InChI=1S/C22H32N2O/c1-5-6-11-22-14-23-12-21(4,20(22)25)13-24(15-22)19(23)18-9-7-17(8-10-18)16(2)3/h7-10,16,19H,5-6,11-15H2,1-4H3/p+2. The molecule has 136 valence electrons. The molecule has 3 nitrogen and oxygen atoms in total. The number of benzene rings is 1. The lowest BCUT2D eigenvalue weighted by atomic mass is 9.59. The lowest BCUT2D eigenvalue weighted by Gasteiger charge is -2.59. The zero-order valence-electron chi connectivity index (χ0n) is 16.3. The largest absolute Gasteiger partial charge is 0.297 e. The fourth-order valence-corrected chi connectivity index (χ4v) is 6.13. The maximum Gasteiger partial charge on any atom is 0.240 e. The van der Waals surface area contributed by atoms with Crippen LogP contribution < -0.4 is 9.80 Å². The average molecular weight is 343 g/mol. The number of nitrogens with one attached hydrogen (secondary N) is 2. The lowest BCUT2D eigenvalue weighted by Crippen LogP contribution is -3.41. The van der Waals surface area contributed by atoms with Crippen LogP contribution in [0.2, 0.25) is 0 Å². The molecule has 0 saturated carbocycles. The van der Waals surface area contributed by atoms with Gasteiger partial charge in [-0.1, -0.05) is 45.7 Å². The van der Waals surface area contributed by atoms with Gasteiger partial charge >= 0.3 is 0 Å². The molecule has 25 heavy (non-hydrogen) atoms. The molecule has 2 N–H and O–H groups in total. The minimum Gasteiger partial charge on any atom is -0.297 e. The van der Waals surface area contributed by atoms with E-state index in [1.54, 1.807) is 9.80 Å². The van der Waals surface area contributed by atoms with Gasteiger partial charge in [-0.15, -0.1) is 0 Å². The van der Waals surface area contributed by atoms with Crippen molar-refractivity contribution in [2.45, 2.75) is 59.0 Å². The molecule has 4 heterocycles. The summed E-state index contributed by atoms with van der Waals surface area (Å²) < 4.78 is 0. The summed E-state index contributed by atoms with van der Waals surface area (Å²) in [5.41, 5.74) is 2.75. The third-order valence-corrected chi connectivity index (χ3v) is 7.16. The summed E-state index contributed by atoms with van der Waals surface area (Å²) in [6, 6.07) is 9.33. The first kappa shape index (κ1) is 17.2. The fourth-order valence-electron chi connectivity index (χ4n) is 6.13. The third kappa shape index (κ3) is 2.59. The van der Waals surface area contributed by atoms with Crippen LogP contribution in [-0.2, 0) is 4.79 Å². The van der Waals surface area contributed by atoms with E-state index in [9.17, 15) is 4.79 Å². The van der Waals surface area contributed by atoms with Crippen molar-refractivity contribution in [3.63, 3.8) is 0 Å². The molecule has 4 aliphatic rings. The SMILES string of the molecule is CCCCC12C[NH+]3CC(C)(C[NH+](C1)C3c1ccc(C(C)C)cc1)C2=O. The summed E-state index contributed by atoms with van der Waals surface area (Å²) in [4.78, 5) is 16.6. The first-order valence-corrected chi connectivity index (χ1v) is 10.2. The maximum atomic E-state index is 13.3. The quantitative estimate of drug-likeness (QED) is 0.831. The number of carbonyl (C=O) groups is 1. The molecule has 0 amide bonds. The van der Waals surface area contributed by atoms with Gasteiger partial charge in [0.15, 0.2) is 5.78 Å². The molecule has 0 radical (unpaired) electrons. The predicted octanol–water partition coefficient (Wildman–Crippen LogP) is 1.37. The number of ketones is 1. The number of rotatable bonds is 5. The van der Waals surface area contributed by atoms with Crippen molar-refractivity contribution >= 4 is 5.78 Å². The van der Waals surface area contributed by atoms with Gasteiger partial charge in [0.1, 0.15) is 23.9 Å². The zero-order chi connectivity index (χ0) is 17.8. The number of hydrogen-bond donors (Lipinski definition) is 2. The molecule has 4 saturated heterocycles. The highest BCUT2D eigenvalue weighted by Gasteiger charge is 2.69. The van der Waals surface area contributed by atoms with Gasteiger partial charge in [-0.2, -0.15) is 0 Å². The van der Waals surface area contributed by atoms with E-state index in [1.165, 1.54) is 24.0 Å². The number of Topliss-reactive ketones (excluding diaryl/α,β-unsaturated/α-hetero) is 1. The fraction of sp³-hybridized carbons (Fsp3) is 0.682. The molecule has 2 atom stereocenters. The highest BCUT2D eigenvalue weighted by Crippen LogP contribution is 2.39. The van der Waals surface area contributed by atoms with E-state index in [0.717, 1.165) is 32.6 Å². The number of piperidine rings is 2. The molecule has 0 aromatic heterocycles. The van der Waals surface area contributed by atoms with Crippen LogP contribution in [0.4, 0.5) is 0 Å². The van der Waals surface area contributed by atoms with E-state index >= 15 is 0 Å². The van der Waals surface area contributed by atoms with E-state index in [-0.39, 0.29) is 10.8 Å². The molecule has 3 heteroatoms. The van der Waals surface area contributed by atoms with Crippen LogP contribution in [0.25, 0.3) is 0 Å². The van der Waals surface area contributed by atoms with Crippen LogP contribution >= 0.6 is 0 Å². The predicted molar refractivity (Wildman–Crippen MR) is 99.7 cm³/mol. The molecule has 0 spiro atoms. The molecule has 0 aliphatic carbocycles. The van der Waals surface area contributed by atoms with E-state index in [0.29, 0.717) is 17.9 Å². The summed E-state index contributed by atoms with van der Waals surface area (Å²) in [6.07, 6.45) is 4.01. The van der Waals surface area contributed by atoms with Gasteiger partial charge in [0.2, 0.25) is 6.17 Å². The van der Waals surface area contributed by atoms with Crippen LogP contribution in [0.15, 0.2) is 24.3 Å². The maximum absolute atomic E-state index is 13.3. The van der Waals surface area contributed by atoms with E-state index < -0.39 is 0 Å². The van der Waals surface area contributed by atoms with Crippen molar-refractivity contribution in [1.29, 1.82) is 0 Å². The van der Waals surface area contributed by atoms with Crippen LogP contribution in [-0.4, -0.2) is 32.0 Å². The van der Waals surface area contributed by atoms with Gasteiger partial charge < -0.3 is 0 Å². The Hall–Kier alpha value is -1.19. The molecule has 1 aromatic carbocycles. The summed E-state index contributed by atoms with van der Waals surface area (Å²) in [5.74, 6) is 1.18. The number of quaternary nitrogens is 2. The smallest absolute Gasteiger partial charge is 0.240 e. The van der Waals surface area contributed by atoms with E-state index in [1.807, 2.05) is 0 Å². The van der Waals surface area contributed by atoms with Gasteiger partial charge in [0.05, 0.1) is 18.7 Å². The normalized spacial score (nSPS) is 39.4. The Kier molecular flexibility index (Phi) is 4.08. The van der Waals surface area contributed by atoms with Crippen LogP contribution in [0.1, 0.15) is 70.2 Å².